The smallest absolute Gasteiger partial charge is 0.374 e. The summed E-state index contributed by atoms with van der Waals surface area (Å²) in [5.41, 5.74) is -3.46. The molecule has 1 aromatic heterocycles. The highest BCUT2D eigenvalue weighted by atomic mass is 19.4. The van der Waals surface area contributed by atoms with E-state index in [1.54, 1.807) is 6.92 Å². The first-order chi connectivity index (χ1) is 11.4. The van der Waals surface area contributed by atoms with E-state index in [1.165, 1.54) is 20.2 Å². The lowest BCUT2D eigenvalue weighted by Crippen LogP contribution is -2.51. The molecule has 3 unspecified atom stereocenters. The Morgan fingerprint density at radius 3 is 2.36 bits per heavy atom. The van der Waals surface area contributed by atoms with Crippen molar-refractivity contribution in [2.45, 2.75) is 57.5 Å². The number of hydrogen-bond donors (Lipinski definition) is 3. The number of alkyl halides is 3. The molecule has 7 nitrogen and oxygen atoms in total. The van der Waals surface area contributed by atoms with Crippen LogP contribution in [0.5, 0.6) is 0 Å². The summed E-state index contributed by atoms with van der Waals surface area (Å²) in [7, 11) is 1.28. The largest absolute Gasteiger partial charge is 0.425 e. The van der Waals surface area contributed by atoms with Gasteiger partial charge in [-0.2, -0.15) is 13.2 Å². The fourth-order valence-corrected chi connectivity index (χ4v) is 2.13. The zero-order valence-electron chi connectivity index (χ0n) is 14.5. The van der Waals surface area contributed by atoms with E-state index in [9.17, 15) is 27.9 Å². The van der Waals surface area contributed by atoms with E-state index < -0.39 is 41.9 Å². The Balaban J connectivity index is 2.87. The van der Waals surface area contributed by atoms with Gasteiger partial charge in [-0.05, 0) is 20.3 Å². The summed E-state index contributed by atoms with van der Waals surface area (Å²) in [4.78, 5) is 27.4. The standard InChI is InChI=1S/C15H23F3N4O3/c1-5-9(2)20-12(24)10(3)21-11(23)8-14(25,15(16,17)18)13-19-6-7-22(13)4/h6-7,9-10,25H,5,8H2,1-4H3,(H,20,24)(H,21,23). The first-order valence-corrected chi connectivity index (χ1v) is 7.79. The number of aryl methyl sites for hydroxylation is 1. The highest BCUT2D eigenvalue weighted by Gasteiger charge is 2.58. The van der Waals surface area contributed by atoms with Crippen molar-refractivity contribution in [3.8, 4) is 0 Å². The first kappa shape index (κ1) is 20.9. The van der Waals surface area contributed by atoms with Gasteiger partial charge >= 0.3 is 6.18 Å². The van der Waals surface area contributed by atoms with E-state index in [-0.39, 0.29) is 6.04 Å². The molecule has 3 atom stereocenters. The molecule has 0 spiro atoms. The number of halogens is 3. The van der Waals surface area contributed by atoms with E-state index in [2.05, 4.69) is 15.6 Å². The number of amides is 2. The second-order valence-corrected chi connectivity index (χ2v) is 6.00. The number of carbonyl (C=O) groups excluding carboxylic acids is 2. The van der Waals surface area contributed by atoms with Gasteiger partial charge in [-0.15, -0.1) is 0 Å². The molecule has 0 saturated carbocycles. The summed E-state index contributed by atoms with van der Waals surface area (Å²) in [5, 5.41) is 14.9. The molecule has 3 N–H and O–H groups in total. The highest BCUT2D eigenvalue weighted by molar-refractivity contribution is 5.87. The molecule has 2 amide bonds. The molecule has 0 radical (unpaired) electrons. The Morgan fingerprint density at radius 2 is 1.92 bits per heavy atom. The fraction of sp³-hybridized carbons (Fsp3) is 0.667. The van der Waals surface area contributed by atoms with E-state index in [0.717, 1.165) is 10.8 Å². The zero-order valence-corrected chi connectivity index (χ0v) is 14.5. The summed E-state index contributed by atoms with van der Waals surface area (Å²) < 4.78 is 41.1. The number of aromatic nitrogens is 2. The molecule has 1 heterocycles. The quantitative estimate of drug-likeness (QED) is 0.672. The second-order valence-electron chi connectivity index (χ2n) is 6.00. The molecule has 0 aliphatic heterocycles. The molecule has 25 heavy (non-hydrogen) atoms. The number of rotatable bonds is 7. The molecule has 1 aromatic rings. The normalized spacial score (nSPS) is 16.6. The van der Waals surface area contributed by atoms with Crippen LogP contribution in [0.15, 0.2) is 12.4 Å². The van der Waals surface area contributed by atoms with Crippen molar-refractivity contribution in [2.75, 3.05) is 0 Å². The average molecular weight is 364 g/mol. The third-order valence-corrected chi connectivity index (χ3v) is 3.85. The summed E-state index contributed by atoms with van der Waals surface area (Å²) in [5.74, 6) is -2.34. The zero-order chi connectivity index (χ0) is 19.4. The minimum atomic E-state index is -5.12. The van der Waals surface area contributed by atoms with E-state index in [0.29, 0.717) is 6.42 Å². The molecule has 0 bridgehead atoms. The Hall–Kier alpha value is -2.10. The van der Waals surface area contributed by atoms with Crippen LogP contribution in [0.3, 0.4) is 0 Å². The van der Waals surface area contributed by atoms with E-state index >= 15 is 0 Å². The lowest BCUT2D eigenvalue weighted by Gasteiger charge is -2.29. The summed E-state index contributed by atoms with van der Waals surface area (Å²) in [6, 6.07) is -1.17. The van der Waals surface area contributed by atoms with Crippen LogP contribution in [-0.2, 0) is 22.2 Å². The van der Waals surface area contributed by atoms with Gasteiger partial charge in [0.05, 0.1) is 6.42 Å². The number of carbonyl (C=O) groups is 2. The molecule has 0 aliphatic carbocycles. The molecule has 10 heteroatoms. The van der Waals surface area contributed by atoms with Gasteiger partial charge in [0.2, 0.25) is 17.4 Å². The Kier molecular flexibility index (Phi) is 6.58. The van der Waals surface area contributed by atoms with Gasteiger partial charge in [-0.1, -0.05) is 6.92 Å². The fourth-order valence-electron chi connectivity index (χ4n) is 2.13. The second kappa shape index (κ2) is 7.85. The molecule has 0 aliphatic rings. The number of hydrogen-bond acceptors (Lipinski definition) is 4. The average Bonchev–Trinajstić information content (AvgIpc) is 2.92. The molecule has 1 rings (SSSR count). The molecule has 0 saturated heterocycles. The summed E-state index contributed by atoms with van der Waals surface area (Å²) in [6.45, 7) is 4.96. The SMILES string of the molecule is CCC(C)NC(=O)C(C)NC(=O)CC(O)(c1nccn1C)C(F)(F)F. The van der Waals surface area contributed by atoms with Crippen LogP contribution in [0.1, 0.15) is 39.4 Å². The highest BCUT2D eigenvalue weighted by Crippen LogP contribution is 2.40. The third kappa shape index (κ3) is 4.94. The lowest BCUT2D eigenvalue weighted by atomic mass is 9.97. The van der Waals surface area contributed by atoms with Gasteiger partial charge in [-0.3, -0.25) is 9.59 Å². The van der Waals surface area contributed by atoms with Crippen molar-refractivity contribution in [3.05, 3.63) is 18.2 Å². The molecular formula is C15H23F3N4O3. The number of nitrogens with zero attached hydrogens (tertiary/aromatic N) is 2. The van der Waals surface area contributed by atoms with Gasteiger partial charge in [0.1, 0.15) is 6.04 Å². The molecular weight excluding hydrogens is 341 g/mol. The van der Waals surface area contributed by atoms with E-state index in [1.807, 2.05) is 6.92 Å². The maximum absolute atomic E-state index is 13.4. The summed E-state index contributed by atoms with van der Waals surface area (Å²) in [6.07, 6.45) is -3.44. The summed E-state index contributed by atoms with van der Waals surface area (Å²) >= 11 is 0. The molecule has 0 aromatic carbocycles. The maximum atomic E-state index is 13.4. The van der Waals surface area contributed by atoms with Crippen LogP contribution in [0.2, 0.25) is 0 Å². The number of aliphatic hydroxyl groups is 1. The van der Waals surface area contributed by atoms with Gasteiger partial charge in [0.15, 0.2) is 5.82 Å². The van der Waals surface area contributed by atoms with Crippen LogP contribution in [0.4, 0.5) is 13.2 Å². The van der Waals surface area contributed by atoms with Crippen molar-refractivity contribution in [2.24, 2.45) is 7.05 Å². The van der Waals surface area contributed by atoms with Crippen LogP contribution in [0, 0.1) is 0 Å². The monoisotopic (exact) mass is 364 g/mol. The van der Waals surface area contributed by atoms with E-state index in [4.69, 9.17) is 0 Å². The van der Waals surface area contributed by atoms with Crippen LogP contribution in [-0.4, -0.2) is 44.7 Å². The topological polar surface area (TPSA) is 96.2 Å². The third-order valence-electron chi connectivity index (χ3n) is 3.85. The predicted octanol–water partition coefficient (Wildman–Crippen LogP) is 0.980. The van der Waals surface area contributed by atoms with Crippen LogP contribution >= 0.6 is 0 Å². The lowest BCUT2D eigenvalue weighted by molar-refractivity contribution is -0.271. The van der Waals surface area contributed by atoms with Gasteiger partial charge in [0.25, 0.3) is 0 Å². The minimum Gasteiger partial charge on any atom is -0.374 e. The van der Waals surface area contributed by atoms with Crippen molar-refractivity contribution >= 4 is 11.8 Å². The number of nitrogens with one attached hydrogen (secondary N) is 2. The Labute approximate surface area is 143 Å². The maximum Gasteiger partial charge on any atom is 0.425 e. The Morgan fingerprint density at radius 1 is 1.32 bits per heavy atom. The number of imidazole rings is 1. The van der Waals surface area contributed by atoms with Crippen molar-refractivity contribution in [3.63, 3.8) is 0 Å². The van der Waals surface area contributed by atoms with Crippen molar-refractivity contribution in [1.82, 2.24) is 20.2 Å². The van der Waals surface area contributed by atoms with Gasteiger partial charge < -0.3 is 20.3 Å². The van der Waals surface area contributed by atoms with Crippen LogP contribution < -0.4 is 10.6 Å². The Bertz CT molecular complexity index is 617. The van der Waals surface area contributed by atoms with Crippen molar-refractivity contribution in [1.29, 1.82) is 0 Å². The van der Waals surface area contributed by atoms with Gasteiger partial charge in [0, 0.05) is 25.5 Å². The van der Waals surface area contributed by atoms with Gasteiger partial charge in [-0.25, -0.2) is 4.98 Å². The first-order valence-electron chi connectivity index (χ1n) is 7.79. The predicted molar refractivity (Wildman–Crippen MR) is 83.3 cm³/mol. The van der Waals surface area contributed by atoms with Crippen molar-refractivity contribution < 1.29 is 27.9 Å². The minimum absolute atomic E-state index is 0.133. The van der Waals surface area contributed by atoms with Crippen LogP contribution in [0.25, 0.3) is 0 Å². The molecule has 142 valence electrons. The molecule has 0 fully saturated rings.